The van der Waals surface area contributed by atoms with Gasteiger partial charge in [0, 0.05) is 13.1 Å². The molecule has 0 bridgehead atoms. The first-order chi connectivity index (χ1) is 7.63. The van der Waals surface area contributed by atoms with Gasteiger partial charge >= 0.3 is 0 Å². The highest BCUT2D eigenvalue weighted by Gasteiger charge is 2.64. The van der Waals surface area contributed by atoms with Crippen LogP contribution in [0.3, 0.4) is 0 Å². The number of nitrogens with one attached hydrogen (secondary N) is 1. The van der Waals surface area contributed by atoms with Crippen molar-refractivity contribution in [1.29, 1.82) is 0 Å². The zero-order chi connectivity index (χ0) is 13.5. The van der Waals surface area contributed by atoms with Crippen LogP contribution in [0.5, 0.6) is 0 Å². The van der Waals surface area contributed by atoms with Crippen molar-refractivity contribution in [1.82, 2.24) is 5.32 Å². The van der Waals surface area contributed by atoms with E-state index in [0.717, 1.165) is 13.0 Å². The van der Waals surface area contributed by atoms with Gasteiger partial charge in [-0.1, -0.05) is 34.6 Å². The molecule has 1 saturated carbocycles. The number of carbonyl (C=O) groups excluding carboxylic acids is 1. The Morgan fingerprint density at radius 3 is 2.06 bits per heavy atom. The molecule has 0 heterocycles. The Balaban J connectivity index is 2.52. The van der Waals surface area contributed by atoms with E-state index in [1.165, 1.54) is 0 Å². The molecule has 0 radical (unpaired) electrons. The third kappa shape index (κ3) is 2.22. The molecule has 0 aromatic carbocycles. The molecular formula is C14H28N2O. The van der Waals surface area contributed by atoms with Gasteiger partial charge in [-0.3, -0.25) is 4.79 Å². The fourth-order valence-corrected chi connectivity index (χ4v) is 2.65. The number of amides is 1. The maximum absolute atomic E-state index is 12.1. The van der Waals surface area contributed by atoms with Gasteiger partial charge in [-0.15, -0.1) is 0 Å². The van der Waals surface area contributed by atoms with Gasteiger partial charge in [0.1, 0.15) is 0 Å². The molecule has 0 aromatic rings. The summed E-state index contributed by atoms with van der Waals surface area (Å²) in [6.07, 6.45) is 0.785. The lowest BCUT2D eigenvalue weighted by atomic mass is 9.86. The van der Waals surface area contributed by atoms with Crippen molar-refractivity contribution in [2.75, 3.05) is 13.1 Å². The van der Waals surface area contributed by atoms with Crippen molar-refractivity contribution in [3.8, 4) is 0 Å². The van der Waals surface area contributed by atoms with Crippen LogP contribution in [-0.4, -0.2) is 19.0 Å². The van der Waals surface area contributed by atoms with E-state index in [1.54, 1.807) is 0 Å². The third-order valence-electron chi connectivity index (χ3n) is 5.57. The summed E-state index contributed by atoms with van der Waals surface area (Å²) in [6.45, 7) is 14.2. The van der Waals surface area contributed by atoms with Crippen LogP contribution in [0.1, 0.15) is 48.0 Å². The predicted octanol–water partition coefficient (Wildman–Crippen LogP) is 2.16. The van der Waals surface area contributed by atoms with Crippen molar-refractivity contribution in [2.45, 2.75) is 48.0 Å². The molecule has 1 unspecified atom stereocenters. The van der Waals surface area contributed by atoms with Gasteiger partial charge in [0.2, 0.25) is 5.91 Å². The standard InChI is InChI=1S/C14H28N2O/c1-7-14(6,9-15)11(17)16-8-10-12(2,3)13(10,4)5/h10H,7-9,15H2,1-6H3,(H,16,17). The summed E-state index contributed by atoms with van der Waals surface area (Å²) in [6, 6.07) is 0. The number of nitrogens with two attached hydrogens (primary N) is 1. The monoisotopic (exact) mass is 240 g/mol. The van der Waals surface area contributed by atoms with Crippen LogP contribution in [0.15, 0.2) is 0 Å². The Labute approximate surface area is 106 Å². The quantitative estimate of drug-likeness (QED) is 0.773. The van der Waals surface area contributed by atoms with Gasteiger partial charge < -0.3 is 11.1 Å². The molecule has 3 nitrogen and oxygen atoms in total. The normalized spacial score (nSPS) is 25.1. The summed E-state index contributed by atoms with van der Waals surface area (Å²) in [5, 5.41) is 3.08. The van der Waals surface area contributed by atoms with E-state index in [9.17, 15) is 4.79 Å². The topological polar surface area (TPSA) is 55.1 Å². The Kier molecular flexibility index (Phi) is 3.64. The lowest BCUT2D eigenvalue weighted by Crippen LogP contribution is -2.44. The van der Waals surface area contributed by atoms with Crippen LogP contribution in [0.4, 0.5) is 0 Å². The number of hydrogen-bond donors (Lipinski definition) is 2. The fraction of sp³-hybridized carbons (Fsp3) is 0.929. The maximum atomic E-state index is 12.1. The molecule has 3 heteroatoms. The minimum absolute atomic E-state index is 0.0981. The molecular weight excluding hydrogens is 212 g/mol. The summed E-state index contributed by atoms with van der Waals surface area (Å²) < 4.78 is 0. The molecule has 17 heavy (non-hydrogen) atoms. The second kappa shape index (κ2) is 4.27. The fourth-order valence-electron chi connectivity index (χ4n) is 2.65. The van der Waals surface area contributed by atoms with E-state index >= 15 is 0 Å². The summed E-state index contributed by atoms with van der Waals surface area (Å²) >= 11 is 0. The maximum Gasteiger partial charge on any atom is 0.227 e. The Hall–Kier alpha value is -0.570. The molecule has 0 saturated heterocycles. The van der Waals surface area contributed by atoms with Gasteiger partial charge in [-0.25, -0.2) is 0 Å². The van der Waals surface area contributed by atoms with Crippen LogP contribution < -0.4 is 11.1 Å². The van der Waals surface area contributed by atoms with Gasteiger partial charge in [0.25, 0.3) is 0 Å². The lowest BCUT2D eigenvalue weighted by Gasteiger charge is -2.25. The highest BCUT2D eigenvalue weighted by Crippen LogP contribution is 2.67. The molecule has 3 N–H and O–H groups in total. The number of carbonyl (C=O) groups is 1. The van der Waals surface area contributed by atoms with E-state index in [2.05, 4.69) is 33.0 Å². The van der Waals surface area contributed by atoms with Crippen LogP contribution in [0, 0.1) is 22.2 Å². The van der Waals surface area contributed by atoms with Gasteiger partial charge in [-0.2, -0.15) is 0 Å². The average molecular weight is 240 g/mol. The molecule has 0 aromatic heterocycles. The average Bonchev–Trinajstić information content (AvgIpc) is 2.65. The number of hydrogen-bond acceptors (Lipinski definition) is 2. The van der Waals surface area contributed by atoms with E-state index in [0.29, 0.717) is 23.3 Å². The minimum atomic E-state index is -0.414. The van der Waals surface area contributed by atoms with Crippen LogP contribution in [0.25, 0.3) is 0 Å². The molecule has 1 aliphatic carbocycles. The molecule has 100 valence electrons. The third-order valence-corrected chi connectivity index (χ3v) is 5.57. The summed E-state index contributed by atoms with van der Waals surface area (Å²) in [5.74, 6) is 0.666. The van der Waals surface area contributed by atoms with Gasteiger partial charge in [0.05, 0.1) is 5.41 Å². The molecule has 1 fully saturated rings. The highest BCUT2D eigenvalue weighted by atomic mass is 16.2. The summed E-state index contributed by atoms with van der Waals surface area (Å²) in [4.78, 5) is 12.1. The van der Waals surface area contributed by atoms with E-state index in [-0.39, 0.29) is 5.91 Å². The Morgan fingerprint density at radius 1 is 1.29 bits per heavy atom. The van der Waals surface area contributed by atoms with Crippen molar-refractivity contribution >= 4 is 5.91 Å². The minimum Gasteiger partial charge on any atom is -0.355 e. The first kappa shape index (κ1) is 14.5. The van der Waals surface area contributed by atoms with Crippen LogP contribution in [0.2, 0.25) is 0 Å². The Bertz CT molecular complexity index is 289. The van der Waals surface area contributed by atoms with Crippen LogP contribution >= 0.6 is 0 Å². The Morgan fingerprint density at radius 2 is 1.76 bits per heavy atom. The summed E-state index contributed by atoms with van der Waals surface area (Å²) in [7, 11) is 0. The molecule has 1 atom stereocenters. The zero-order valence-electron chi connectivity index (χ0n) is 12.2. The van der Waals surface area contributed by atoms with Crippen molar-refractivity contribution < 1.29 is 4.79 Å². The first-order valence-electron chi connectivity index (χ1n) is 6.62. The van der Waals surface area contributed by atoms with Crippen molar-refractivity contribution in [2.24, 2.45) is 27.9 Å². The zero-order valence-corrected chi connectivity index (χ0v) is 12.2. The summed E-state index contributed by atoms with van der Waals surface area (Å²) in [5.41, 5.74) is 5.92. The predicted molar refractivity (Wildman–Crippen MR) is 71.5 cm³/mol. The van der Waals surface area contributed by atoms with Crippen LogP contribution in [-0.2, 0) is 4.79 Å². The van der Waals surface area contributed by atoms with Gasteiger partial charge in [0.15, 0.2) is 0 Å². The van der Waals surface area contributed by atoms with E-state index in [4.69, 9.17) is 5.73 Å². The molecule has 1 rings (SSSR count). The smallest absolute Gasteiger partial charge is 0.227 e. The molecule has 0 aliphatic heterocycles. The second-order valence-corrected chi connectivity index (χ2v) is 6.82. The SMILES string of the molecule is CCC(C)(CN)C(=O)NCC1C(C)(C)C1(C)C. The van der Waals surface area contributed by atoms with E-state index in [1.807, 2.05) is 13.8 Å². The largest absolute Gasteiger partial charge is 0.355 e. The molecule has 0 spiro atoms. The highest BCUT2D eigenvalue weighted by molar-refractivity contribution is 5.82. The lowest BCUT2D eigenvalue weighted by molar-refractivity contribution is -0.130. The van der Waals surface area contributed by atoms with Crippen molar-refractivity contribution in [3.63, 3.8) is 0 Å². The van der Waals surface area contributed by atoms with E-state index < -0.39 is 5.41 Å². The van der Waals surface area contributed by atoms with Crippen molar-refractivity contribution in [3.05, 3.63) is 0 Å². The van der Waals surface area contributed by atoms with Gasteiger partial charge in [-0.05, 0) is 30.1 Å². The second-order valence-electron chi connectivity index (χ2n) is 6.82. The molecule has 1 amide bonds. The first-order valence-corrected chi connectivity index (χ1v) is 6.62. The number of rotatable bonds is 5. The molecule has 1 aliphatic rings.